The van der Waals surface area contributed by atoms with Gasteiger partial charge < -0.3 is 9.84 Å². The summed E-state index contributed by atoms with van der Waals surface area (Å²) in [5, 5.41) is 14.8. The van der Waals surface area contributed by atoms with E-state index in [1.807, 2.05) is 5.38 Å². The van der Waals surface area contributed by atoms with Crippen LogP contribution < -0.4 is 4.74 Å². The molecular weight excluding hydrogens is 502 g/mol. The van der Waals surface area contributed by atoms with Gasteiger partial charge in [0.2, 0.25) is 0 Å². The second-order valence-corrected chi connectivity index (χ2v) is 17.4. The summed E-state index contributed by atoms with van der Waals surface area (Å²) >= 11 is 1.32. The molecule has 1 aromatic rings. The van der Waals surface area contributed by atoms with Gasteiger partial charge in [0, 0.05) is 17.0 Å². The first-order valence-electron chi connectivity index (χ1n) is 16.0. The predicted octanol–water partition coefficient (Wildman–Crippen LogP) is 8.54. The number of thiazole rings is 1. The van der Waals surface area contributed by atoms with Gasteiger partial charge in [0.1, 0.15) is 0 Å². The third kappa shape index (κ3) is 3.56. The van der Waals surface area contributed by atoms with Crippen molar-refractivity contribution >= 4 is 17.3 Å². The van der Waals surface area contributed by atoms with Gasteiger partial charge in [-0.1, -0.05) is 66.7 Å². The highest BCUT2D eigenvalue weighted by Crippen LogP contribution is 2.78. The van der Waals surface area contributed by atoms with Crippen molar-refractivity contribution < 1.29 is 14.6 Å². The van der Waals surface area contributed by atoms with Crippen LogP contribution in [0.3, 0.4) is 0 Å². The van der Waals surface area contributed by atoms with Crippen LogP contribution in [-0.4, -0.2) is 21.7 Å². The van der Waals surface area contributed by atoms with Crippen LogP contribution in [0.2, 0.25) is 0 Å². The second-order valence-electron chi connectivity index (χ2n) is 16.5. The van der Waals surface area contributed by atoms with E-state index >= 15 is 0 Å². The highest BCUT2D eigenvalue weighted by atomic mass is 32.1. The Kier molecular flexibility index (Phi) is 6.35. The molecule has 0 aliphatic heterocycles. The van der Waals surface area contributed by atoms with Crippen LogP contribution in [0.5, 0.6) is 5.19 Å². The van der Waals surface area contributed by atoms with Gasteiger partial charge in [0.15, 0.2) is 5.60 Å². The molecule has 6 rings (SSSR count). The van der Waals surface area contributed by atoms with Gasteiger partial charge in [-0.15, -0.1) is 0 Å². The van der Waals surface area contributed by atoms with Gasteiger partial charge in [-0.05, 0) is 121 Å². The number of aromatic nitrogens is 1. The quantitative estimate of drug-likeness (QED) is 0.372. The normalized spacial score (nSPS) is 52.5. The minimum absolute atomic E-state index is 0.0833. The number of esters is 1. The van der Waals surface area contributed by atoms with E-state index in [9.17, 15) is 9.90 Å². The number of hydrogen-bond acceptors (Lipinski definition) is 5. The molecule has 1 N–H and O–H groups in total. The Morgan fingerprint density at radius 1 is 0.897 bits per heavy atom. The summed E-state index contributed by atoms with van der Waals surface area (Å²) < 4.78 is 5.85. The van der Waals surface area contributed by atoms with Crippen LogP contribution in [0.1, 0.15) is 120 Å². The predicted molar refractivity (Wildman–Crippen MR) is 157 cm³/mol. The molecule has 0 amide bonds. The first-order valence-corrected chi connectivity index (χ1v) is 16.9. The Morgan fingerprint density at radius 2 is 1.64 bits per heavy atom. The monoisotopic (exact) mass is 555 g/mol. The topological polar surface area (TPSA) is 59.4 Å². The van der Waals surface area contributed by atoms with E-state index in [0.29, 0.717) is 22.9 Å². The molecule has 0 bridgehead atoms. The van der Waals surface area contributed by atoms with Gasteiger partial charge in [0.25, 0.3) is 5.19 Å². The van der Waals surface area contributed by atoms with Gasteiger partial charge >= 0.3 is 5.97 Å². The molecule has 4 nitrogen and oxygen atoms in total. The van der Waals surface area contributed by atoms with Crippen molar-refractivity contribution in [1.29, 1.82) is 0 Å². The van der Waals surface area contributed by atoms with Crippen molar-refractivity contribution in [3.63, 3.8) is 0 Å². The van der Waals surface area contributed by atoms with E-state index in [0.717, 1.165) is 42.9 Å². The Hall–Kier alpha value is -0.940. The molecule has 5 heteroatoms. The number of aliphatic hydroxyl groups is 1. The number of hydrogen-bond donors (Lipinski definition) is 1. The summed E-state index contributed by atoms with van der Waals surface area (Å²) in [4.78, 5) is 18.2. The molecule has 5 aliphatic rings. The SMILES string of the molecule is C[C@@H]1[C@H]2[C@H]3CC[C@@H]4[C@]5(C)[C@@H](CC[C@@]4(C)[C@]3(C)CC[C@@]2(C)CC[C@H]1C)C(C)(C)CCC5(O)C(=O)Oc1nccs1. The zero-order chi connectivity index (χ0) is 28.2. The van der Waals surface area contributed by atoms with Crippen molar-refractivity contribution in [3.8, 4) is 5.19 Å². The zero-order valence-electron chi connectivity index (χ0n) is 25.8. The van der Waals surface area contributed by atoms with E-state index in [1.54, 1.807) is 6.20 Å². The molecule has 5 fully saturated rings. The highest BCUT2D eigenvalue weighted by Gasteiger charge is 2.75. The van der Waals surface area contributed by atoms with E-state index in [1.165, 1.54) is 49.9 Å². The maximum absolute atomic E-state index is 14.0. The van der Waals surface area contributed by atoms with Gasteiger partial charge in [-0.2, -0.15) is 0 Å². The number of carbonyl (C=O) groups excluding carboxylic acids is 1. The third-order valence-corrected chi connectivity index (χ3v) is 15.7. The van der Waals surface area contributed by atoms with Crippen LogP contribution in [-0.2, 0) is 4.79 Å². The lowest BCUT2D eigenvalue weighted by Gasteiger charge is -2.75. The lowest BCUT2D eigenvalue weighted by atomic mass is 9.30. The Bertz CT molecular complexity index is 1120. The van der Waals surface area contributed by atoms with Crippen LogP contribution in [0.4, 0.5) is 0 Å². The molecule has 5 saturated carbocycles. The molecular formula is C34H53NO3S. The zero-order valence-corrected chi connectivity index (χ0v) is 26.6. The largest absolute Gasteiger partial charge is 0.396 e. The highest BCUT2D eigenvalue weighted by molar-refractivity contribution is 7.11. The standard InChI is InChI=1S/C34H53NO3S/c1-21-11-13-30(5)16-17-31(6)23(26(30)22(21)2)9-10-25-32(31,7)14-12-24-29(3,4)15-18-34(37,33(24,25)8)27(36)38-28-35-19-20-39-28/h19-26,37H,9-18H2,1-8H3/t21-,22+,23-,24+,25+,26+,30-,31-,32-,33+,34?/m1/s1. The molecule has 218 valence electrons. The maximum Gasteiger partial charge on any atom is 0.346 e. The van der Waals surface area contributed by atoms with Gasteiger partial charge in [-0.25, -0.2) is 9.78 Å². The molecule has 39 heavy (non-hydrogen) atoms. The number of carbonyl (C=O) groups is 1. The molecule has 5 aliphatic carbocycles. The van der Waals surface area contributed by atoms with Crippen molar-refractivity contribution in [2.75, 3.05) is 0 Å². The van der Waals surface area contributed by atoms with Crippen molar-refractivity contribution in [1.82, 2.24) is 4.98 Å². The van der Waals surface area contributed by atoms with E-state index in [4.69, 9.17) is 4.74 Å². The first kappa shape index (κ1) is 28.2. The Balaban J connectivity index is 1.43. The fraction of sp³-hybridized carbons (Fsp3) is 0.882. The average molecular weight is 556 g/mol. The van der Waals surface area contributed by atoms with Gasteiger partial charge in [0.05, 0.1) is 0 Å². The molecule has 1 aromatic heterocycles. The number of nitrogens with zero attached hydrogens (tertiary/aromatic N) is 1. The molecule has 0 spiro atoms. The smallest absolute Gasteiger partial charge is 0.346 e. The van der Waals surface area contributed by atoms with Crippen molar-refractivity contribution in [2.24, 2.45) is 62.6 Å². The van der Waals surface area contributed by atoms with E-state index in [2.05, 4.69) is 60.4 Å². The number of rotatable bonds is 2. The lowest BCUT2D eigenvalue weighted by Crippen LogP contribution is -2.73. The second kappa shape index (κ2) is 8.79. The summed E-state index contributed by atoms with van der Waals surface area (Å²) in [5.41, 5.74) is -1.17. The van der Waals surface area contributed by atoms with Gasteiger partial charge in [-0.3, -0.25) is 0 Å². The fourth-order valence-corrected chi connectivity index (χ4v) is 12.9. The molecule has 1 unspecified atom stereocenters. The van der Waals surface area contributed by atoms with Crippen LogP contribution >= 0.6 is 11.3 Å². The van der Waals surface area contributed by atoms with Crippen LogP contribution in [0.15, 0.2) is 11.6 Å². The Labute approximate surface area is 241 Å². The lowest BCUT2D eigenvalue weighted by molar-refractivity contribution is -0.290. The minimum atomic E-state index is -1.50. The number of fused-ring (bicyclic) bond motifs is 7. The molecule has 0 aromatic carbocycles. The fourth-order valence-electron chi connectivity index (χ4n) is 12.4. The maximum atomic E-state index is 14.0. The first-order chi connectivity index (χ1) is 18.1. The number of ether oxygens (including phenoxy) is 1. The van der Waals surface area contributed by atoms with E-state index < -0.39 is 17.0 Å². The summed E-state index contributed by atoms with van der Waals surface area (Å²) in [6.07, 6.45) is 13.0. The molecule has 11 atom stereocenters. The summed E-state index contributed by atoms with van der Waals surface area (Å²) in [6.45, 7) is 20.0. The van der Waals surface area contributed by atoms with Crippen molar-refractivity contribution in [3.05, 3.63) is 11.6 Å². The minimum Gasteiger partial charge on any atom is -0.396 e. The average Bonchev–Trinajstić information content (AvgIpc) is 3.38. The molecule has 0 radical (unpaired) electrons. The Morgan fingerprint density at radius 3 is 2.33 bits per heavy atom. The van der Waals surface area contributed by atoms with Crippen LogP contribution in [0.25, 0.3) is 0 Å². The summed E-state index contributed by atoms with van der Waals surface area (Å²) in [5.74, 6) is 3.17. The third-order valence-electron chi connectivity index (χ3n) is 15.0. The summed E-state index contributed by atoms with van der Waals surface area (Å²) in [7, 11) is 0. The summed E-state index contributed by atoms with van der Waals surface area (Å²) in [6, 6.07) is 0. The van der Waals surface area contributed by atoms with Crippen LogP contribution in [0, 0.1) is 62.6 Å². The molecule has 1 heterocycles. The van der Waals surface area contributed by atoms with E-state index in [-0.39, 0.29) is 22.2 Å². The molecule has 0 saturated heterocycles. The van der Waals surface area contributed by atoms with Crippen molar-refractivity contribution in [2.45, 2.75) is 125 Å².